The molecule has 0 unspecified atom stereocenters. The third kappa shape index (κ3) is 4.19. The number of alkyl halides is 3. The molecule has 1 aliphatic heterocycles. The number of nitrogens with zero attached hydrogens (tertiary/aromatic N) is 2. The minimum absolute atomic E-state index is 0.103. The van der Waals surface area contributed by atoms with Gasteiger partial charge in [0.05, 0.1) is 10.6 Å². The molecule has 2 heterocycles. The number of fused-ring (bicyclic) bond motifs is 1. The number of carbonyl (C=O) groups excluding carboxylic acids is 1. The van der Waals surface area contributed by atoms with E-state index >= 15 is 0 Å². The van der Waals surface area contributed by atoms with Gasteiger partial charge in [-0.1, -0.05) is 23.7 Å². The molecular formula is C23H18ClF3N2O. The fourth-order valence-corrected chi connectivity index (χ4v) is 3.94. The molecular weight excluding hydrogens is 413 g/mol. The fraction of sp³-hybridized carbons (Fsp3) is 0.217. The summed E-state index contributed by atoms with van der Waals surface area (Å²) in [6.45, 7) is 0.572. The largest absolute Gasteiger partial charge is 0.417 e. The zero-order valence-corrected chi connectivity index (χ0v) is 16.7. The Kier molecular flexibility index (Phi) is 5.52. The number of halogens is 4. The Morgan fingerprint density at radius 3 is 2.53 bits per heavy atom. The van der Waals surface area contributed by atoms with E-state index in [9.17, 15) is 18.0 Å². The number of hydrogen-bond donors (Lipinski definition) is 0. The molecule has 0 aliphatic carbocycles. The Bertz CT molecular complexity index is 1080. The van der Waals surface area contributed by atoms with E-state index in [-0.39, 0.29) is 23.8 Å². The van der Waals surface area contributed by atoms with Crippen molar-refractivity contribution < 1.29 is 18.0 Å². The second kappa shape index (κ2) is 8.11. The van der Waals surface area contributed by atoms with Gasteiger partial charge in [-0.3, -0.25) is 9.78 Å². The lowest BCUT2D eigenvalue weighted by Crippen LogP contribution is -2.29. The molecule has 0 saturated heterocycles. The van der Waals surface area contributed by atoms with E-state index < -0.39 is 11.7 Å². The third-order valence-corrected chi connectivity index (χ3v) is 5.58. The molecule has 1 aliphatic rings. The van der Waals surface area contributed by atoms with Crippen LogP contribution in [0.1, 0.15) is 23.1 Å². The maximum absolute atomic E-state index is 13.0. The van der Waals surface area contributed by atoms with E-state index in [0.29, 0.717) is 12.1 Å². The van der Waals surface area contributed by atoms with Crippen LogP contribution >= 0.6 is 11.6 Å². The van der Waals surface area contributed by atoms with Gasteiger partial charge < -0.3 is 4.90 Å². The molecule has 154 valence electrons. The molecule has 0 saturated carbocycles. The molecule has 1 aromatic heterocycles. The predicted molar refractivity (Wildman–Crippen MR) is 111 cm³/mol. The van der Waals surface area contributed by atoms with Crippen molar-refractivity contribution in [3.63, 3.8) is 0 Å². The molecule has 0 spiro atoms. The van der Waals surface area contributed by atoms with Crippen molar-refractivity contribution in [2.75, 3.05) is 11.4 Å². The number of aromatic nitrogens is 1. The van der Waals surface area contributed by atoms with E-state index in [4.69, 9.17) is 11.6 Å². The lowest BCUT2D eigenvalue weighted by molar-refractivity contribution is -0.137. The quantitative estimate of drug-likeness (QED) is 0.513. The van der Waals surface area contributed by atoms with Gasteiger partial charge >= 0.3 is 6.18 Å². The molecule has 0 bridgehead atoms. The van der Waals surface area contributed by atoms with Crippen LogP contribution in [0.2, 0.25) is 5.02 Å². The Labute approximate surface area is 177 Å². The molecule has 0 atom stereocenters. The average molecular weight is 431 g/mol. The van der Waals surface area contributed by atoms with Gasteiger partial charge in [-0.2, -0.15) is 13.2 Å². The smallest absolute Gasteiger partial charge is 0.312 e. The zero-order valence-electron chi connectivity index (χ0n) is 15.9. The minimum Gasteiger partial charge on any atom is -0.312 e. The lowest BCUT2D eigenvalue weighted by Gasteiger charge is -2.18. The Morgan fingerprint density at radius 2 is 1.80 bits per heavy atom. The number of amides is 1. The van der Waals surface area contributed by atoms with E-state index in [1.807, 2.05) is 24.3 Å². The summed E-state index contributed by atoms with van der Waals surface area (Å²) in [7, 11) is 0. The topological polar surface area (TPSA) is 33.2 Å². The maximum Gasteiger partial charge on any atom is 0.417 e. The zero-order chi connectivity index (χ0) is 21.3. The van der Waals surface area contributed by atoms with Gasteiger partial charge in [-0.05, 0) is 71.5 Å². The molecule has 0 fully saturated rings. The van der Waals surface area contributed by atoms with Crippen LogP contribution in [-0.4, -0.2) is 17.4 Å². The fourth-order valence-electron chi connectivity index (χ4n) is 3.72. The number of pyridine rings is 1. The number of rotatable bonds is 4. The van der Waals surface area contributed by atoms with Crippen LogP contribution in [-0.2, 0) is 23.8 Å². The van der Waals surface area contributed by atoms with Gasteiger partial charge in [0.2, 0.25) is 5.91 Å². The van der Waals surface area contributed by atoms with Crippen molar-refractivity contribution in [2.45, 2.75) is 25.4 Å². The summed E-state index contributed by atoms with van der Waals surface area (Å²) >= 11 is 5.66. The van der Waals surface area contributed by atoms with Crippen molar-refractivity contribution in [3.05, 3.63) is 82.6 Å². The highest BCUT2D eigenvalue weighted by Gasteiger charge is 2.33. The Hall–Kier alpha value is -2.86. The second-order valence-corrected chi connectivity index (χ2v) is 7.59. The SMILES string of the molecule is O=C(CCc1ccc(Cl)c(C(F)(F)F)c1)N1CCc2cc(-c3ccncc3)ccc21. The van der Waals surface area contributed by atoms with Crippen LogP contribution in [0.15, 0.2) is 60.9 Å². The van der Waals surface area contributed by atoms with Crippen LogP contribution in [0.3, 0.4) is 0 Å². The van der Waals surface area contributed by atoms with Crippen LogP contribution in [0, 0.1) is 0 Å². The highest BCUT2D eigenvalue weighted by atomic mass is 35.5. The molecule has 3 aromatic rings. The lowest BCUT2D eigenvalue weighted by atomic mass is 10.0. The summed E-state index contributed by atoms with van der Waals surface area (Å²) in [6, 6.07) is 13.6. The van der Waals surface area contributed by atoms with E-state index in [2.05, 4.69) is 11.1 Å². The first-order valence-corrected chi connectivity index (χ1v) is 9.90. The van der Waals surface area contributed by atoms with Gasteiger partial charge in [0.25, 0.3) is 0 Å². The van der Waals surface area contributed by atoms with E-state index in [1.165, 1.54) is 12.1 Å². The van der Waals surface area contributed by atoms with Gasteiger partial charge in [-0.25, -0.2) is 0 Å². The van der Waals surface area contributed by atoms with Crippen molar-refractivity contribution in [3.8, 4) is 11.1 Å². The molecule has 1 amide bonds. The highest BCUT2D eigenvalue weighted by Crippen LogP contribution is 2.36. The molecule has 7 heteroatoms. The second-order valence-electron chi connectivity index (χ2n) is 7.19. The molecule has 0 N–H and O–H groups in total. The van der Waals surface area contributed by atoms with Crippen LogP contribution in [0.5, 0.6) is 0 Å². The summed E-state index contributed by atoms with van der Waals surface area (Å²) < 4.78 is 39.1. The van der Waals surface area contributed by atoms with Gasteiger partial charge in [-0.15, -0.1) is 0 Å². The predicted octanol–water partition coefficient (Wildman–Crippen LogP) is 5.94. The number of anilines is 1. The monoisotopic (exact) mass is 430 g/mol. The normalized spacial score (nSPS) is 13.4. The molecule has 3 nitrogen and oxygen atoms in total. The molecule has 30 heavy (non-hydrogen) atoms. The van der Waals surface area contributed by atoms with Crippen molar-refractivity contribution in [1.82, 2.24) is 4.98 Å². The molecule has 0 radical (unpaired) electrons. The van der Waals surface area contributed by atoms with Crippen molar-refractivity contribution in [2.24, 2.45) is 0 Å². The van der Waals surface area contributed by atoms with Gasteiger partial charge in [0, 0.05) is 31.0 Å². The first-order valence-electron chi connectivity index (χ1n) is 9.52. The third-order valence-electron chi connectivity index (χ3n) is 5.25. The Balaban J connectivity index is 1.46. The number of aryl methyl sites for hydroxylation is 1. The summed E-state index contributed by atoms with van der Waals surface area (Å²) in [6.07, 6.45) is 0.0554. The van der Waals surface area contributed by atoms with E-state index in [0.717, 1.165) is 34.9 Å². The summed E-state index contributed by atoms with van der Waals surface area (Å²) in [5.41, 5.74) is 3.64. The standard InChI is InChI=1S/C23H18ClF3N2O/c24-20-4-1-15(13-19(20)23(25,26)27)2-6-22(30)29-12-9-18-14-17(3-5-21(18)29)16-7-10-28-11-8-16/h1,3-5,7-8,10-11,13-14H,2,6,9,12H2. The highest BCUT2D eigenvalue weighted by molar-refractivity contribution is 6.31. The number of benzene rings is 2. The first kappa shape index (κ1) is 20.4. The number of hydrogen-bond acceptors (Lipinski definition) is 2. The van der Waals surface area contributed by atoms with Crippen molar-refractivity contribution >= 4 is 23.2 Å². The minimum atomic E-state index is -4.52. The van der Waals surface area contributed by atoms with Crippen molar-refractivity contribution in [1.29, 1.82) is 0 Å². The number of carbonyl (C=O) groups is 1. The van der Waals surface area contributed by atoms with Crippen LogP contribution in [0.4, 0.5) is 18.9 Å². The van der Waals surface area contributed by atoms with Gasteiger partial charge in [0.15, 0.2) is 0 Å². The van der Waals surface area contributed by atoms with E-state index in [1.54, 1.807) is 17.3 Å². The maximum atomic E-state index is 13.0. The summed E-state index contributed by atoms with van der Waals surface area (Å²) in [5, 5.41) is -0.337. The molecule has 2 aromatic carbocycles. The average Bonchev–Trinajstić information content (AvgIpc) is 3.16. The molecule has 4 rings (SSSR count). The Morgan fingerprint density at radius 1 is 1.03 bits per heavy atom. The van der Waals surface area contributed by atoms with Crippen LogP contribution in [0.25, 0.3) is 11.1 Å². The summed E-state index contributed by atoms with van der Waals surface area (Å²) in [4.78, 5) is 18.5. The first-order chi connectivity index (χ1) is 14.3. The van der Waals surface area contributed by atoms with Crippen LogP contribution < -0.4 is 4.90 Å². The van der Waals surface area contributed by atoms with Gasteiger partial charge in [0.1, 0.15) is 0 Å². The summed E-state index contributed by atoms with van der Waals surface area (Å²) in [5.74, 6) is -0.103.